The van der Waals surface area contributed by atoms with Crippen LogP contribution >= 0.6 is 23.1 Å². The largest absolute Gasteiger partial charge is 0.324 e. The highest BCUT2D eigenvalue weighted by Crippen LogP contribution is 2.37. The fourth-order valence-electron chi connectivity index (χ4n) is 2.15. The van der Waals surface area contributed by atoms with Gasteiger partial charge >= 0.3 is 0 Å². The van der Waals surface area contributed by atoms with Gasteiger partial charge in [-0.15, -0.1) is 23.1 Å². The minimum atomic E-state index is 0.0775. The maximum absolute atomic E-state index is 12.0. The lowest BCUT2D eigenvalue weighted by molar-refractivity contribution is -0.128. The van der Waals surface area contributed by atoms with Crippen molar-refractivity contribution in [1.29, 1.82) is 0 Å². The minimum absolute atomic E-state index is 0.0775. The van der Waals surface area contributed by atoms with Crippen LogP contribution in [0.4, 0.5) is 0 Å². The third-order valence-electron chi connectivity index (χ3n) is 3.09. The molecule has 1 aliphatic heterocycles. The number of carbonyl (C=O) groups is 1. The molecule has 0 aromatic carbocycles. The van der Waals surface area contributed by atoms with Crippen LogP contribution in [-0.4, -0.2) is 28.1 Å². The van der Waals surface area contributed by atoms with E-state index in [2.05, 4.69) is 22.5 Å². The van der Waals surface area contributed by atoms with Crippen LogP contribution in [0.1, 0.15) is 15.9 Å². The number of hydrogen-bond acceptors (Lipinski definition) is 4. The lowest BCUT2D eigenvalue weighted by atomic mass is 10.3. The van der Waals surface area contributed by atoms with Crippen molar-refractivity contribution in [2.75, 3.05) is 12.3 Å². The van der Waals surface area contributed by atoms with E-state index in [9.17, 15) is 4.79 Å². The van der Waals surface area contributed by atoms with E-state index < -0.39 is 0 Å². The summed E-state index contributed by atoms with van der Waals surface area (Å²) in [5.41, 5.74) is 0.976. The number of nitrogens with zero attached hydrogens (tertiary/aromatic N) is 2. The summed E-state index contributed by atoms with van der Waals surface area (Å²) in [4.78, 5) is 19.7. The van der Waals surface area contributed by atoms with Crippen LogP contribution in [0, 0.1) is 0 Å². The Hall–Kier alpha value is -1.33. The predicted octanol–water partition coefficient (Wildman–Crippen LogP) is 2.96. The van der Waals surface area contributed by atoms with Crippen LogP contribution in [0.25, 0.3) is 0 Å². The molecule has 0 spiro atoms. The number of pyridine rings is 1. The molecule has 3 rings (SSSR count). The molecule has 3 heterocycles. The van der Waals surface area contributed by atoms with E-state index >= 15 is 0 Å². The normalized spacial score (nSPS) is 19.1. The predicted molar refractivity (Wildman–Crippen MR) is 79.2 cm³/mol. The SMILES string of the molecule is O=C1CSC(c2ccccn2)N1CCc1cccs1. The molecule has 2 aromatic heterocycles. The fourth-order valence-corrected chi connectivity index (χ4v) is 4.03. The molecule has 1 saturated heterocycles. The third-order valence-corrected chi connectivity index (χ3v) is 5.25. The van der Waals surface area contributed by atoms with E-state index in [1.165, 1.54) is 4.88 Å². The molecule has 98 valence electrons. The first kappa shape index (κ1) is 12.7. The van der Waals surface area contributed by atoms with Gasteiger partial charge in [-0.25, -0.2) is 0 Å². The van der Waals surface area contributed by atoms with Gasteiger partial charge in [0.2, 0.25) is 5.91 Å². The van der Waals surface area contributed by atoms with Gasteiger partial charge in [0.15, 0.2) is 0 Å². The Balaban J connectivity index is 1.72. The van der Waals surface area contributed by atoms with Crippen molar-refractivity contribution < 1.29 is 4.79 Å². The average molecular weight is 290 g/mol. The smallest absolute Gasteiger partial charge is 0.233 e. The molecule has 1 amide bonds. The molecule has 0 bridgehead atoms. The summed E-state index contributed by atoms with van der Waals surface area (Å²) in [7, 11) is 0. The second-order valence-electron chi connectivity index (χ2n) is 4.33. The molecule has 0 aliphatic carbocycles. The summed E-state index contributed by atoms with van der Waals surface area (Å²) in [6, 6.07) is 10.0. The number of thiophene rings is 1. The Morgan fingerprint density at radius 2 is 2.26 bits per heavy atom. The highest BCUT2D eigenvalue weighted by Gasteiger charge is 2.33. The second kappa shape index (κ2) is 5.75. The van der Waals surface area contributed by atoms with E-state index in [0.717, 1.165) is 18.7 Å². The van der Waals surface area contributed by atoms with Crippen LogP contribution < -0.4 is 0 Å². The van der Waals surface area contributed by atoms with Crippen molar-refractivity contribution in [3.63, 3.8) is 0 Å². The van der Waals surface area contributed by atoms with E-state index in [1.54, 1.807) is 29.3 Å². The van der Waals surface area contributed by atoms with Crippen molar-refractivity contribution in [3.05, 3.63) is 52.5 Å². The van der Waals surface area contributed by atoms with Gasteiger partial charge in [-0.05, 0) is 30.0 Å². The first-order valence-electron chi connectivity index (χ1n) is 6.19. The minimum Gasteiger partial charge on any atom is -0.324 e. The number of thioether (sulfide) groups is 1. The van der Waals surface area contributed by atoms with Gasteiger partial charge in [-0.1, -0.05) is 12.1 Å². The molecule has 0 radical (unpaired) electrons. The third kappa shape index (κ3) is 2.82. The average Bonchev–Trinajstić information content (AvgIpc) is 3.07. The van der Waals surface area contributed by atoms with Crippen LogP contribution in [0.5, 0.6) is 0 Å². The van der Waals surface area contributed by atoms with Crippen molar-refractivity contribution in [3.8, 4) is 0 Å². The molecular formula is C14H14N2OS2. The van der Waals surface area contributed by atoms with Gasteiger partial charge in [0.1, 0.15) is 5.37 Å². The summed E-state index contributed by atoms with van der Waals surface area (Å²) >= 11 is 3.41. The Bertz CT molecular complexity index is 542. The standard InChI is InChI=1S/C14H14N2OS2/c17-13-10-19-14(12-5-1-2-7-15-12)16(13)8-6-11-4-3-9-18-11/h1-5,7,9,14H,6,8,10H2. The molecule has 1 unspecified atom stereocenters. The van der Waals surface area contributed by atoms with Crippen molar-refractivity contribution in [2.24, 2.45) is 0 Å². The molecule has 1 atom stereocenters. The maximum Gasteiger partial charge on any atom is 0.233 e. The van der Waals surface area contributed by atoms with Gasteiger partial charge in [0, 0.05) is 17.6 Å². The Labute approximate surface area is 120 Å². The lowest BCUT2D eigenvalue weighted by Crippen LogP contribution is -2.30. The zero-order valence-corrected chi connectivity index (χ0v) is 12.0. The van der Waals surface area contributed by atoms with Gasteiger partial charge < -0.3 is 4.90 Å². The molecule has 0 saturated carbocycles. The highest BCUT2D eigenvalue weighted by molar-refractivity contribution is 8.00. The van der Waals surface area contributed by atoms with Crippen molar-refractivity contribution in [2.45, 2.75) is 11.8 Å². The summed E-state index contributed by atoms with van der Waals surface area (Å²) < 4.78 is 0. The number of hydrogen-bond donors (Lipinski definition) is 0. The van der Waals surface area contributed by atoms with Gasteiger partial charge in [0.05, 0.1) is 11.4 Å². The first-order valence-corrected chi connectivity index (χ1v) is 8.12. The first-order chi connectivity index (χ1) is 9.34. The quantitative estimate of drug-likeness (QED) is 0.868. The zero-order chi connectivity index (χ0) is 13.1. The molecular weight excluding hydrogens is 276 g/mol. The maximum atomic E-state index is 12.0. The second-order valence-corrected chi connectivity index (χ2v) is 6.44. The monoisotopic (exact) mass is 290 g/mol. The van der Waals surface area contributed by atoms with Gasteiger partial charge in [0.25, 0.3) is 0 Å². The topological polar surface area (TPSA) is 33.2 Å². The summed E-state index contributed by atoms with van der Waals surface area (Å²) in [5, 5.41) is 2.15. The molecule has 2 aromatic rings. The van der Waals surface area contributed by atoms with Gasteiger partial charge in [-0.3, -0.25) is 9.78 Å². The number of carbonyl (C=O) groups excluding carboxylic acids is 1. The summed E-state index contributed by atoms with van der Waals surface area (Å²) in [6.45, 7) is 0.771. The van der Waals surface area contributed by atoms with Crippen LogP contribution in [0.3, 0.4) is 0 Å². The molecule has 3 nitrogen and oxygen atoms in total. The number of rotatable bonds is 4. The lowest BCUT2D eigenvalue weighted by Gasteiger charge is -2.23. The Morgan fingerprint density at radius 1 is 1.32 bits per heavy atom. The van der Waals surface area contributed by atoms with Crippen molar-refractivity contribution >= 4 is 29.0 Å². The Kier molecular flexibility index (Phi) is 3.84. The van der Waals surface area contributed by atoms with Crippen LogP contribution in [0.15, 0.2) is 41.9 Å². The number of amides is 1. The van der Waals surface area contributed by atoms with E-state index in [0.29, 0.717) is 5.75 Å². The molecule has 1 fully saturated rings. The van der Waals surface area contributed by atoms with E-state index in [4.69, 9.17) is 0 Å². The number of aromatic nitrogens is 1. The van der Waals surface area contributed by atoms with E-state index in [1.807, 2.05) is 23.1 Å². The van der Waals surface area contributed by atoms with Crippen LogP contribution in [0.2, 0.25) is 0 Å². The summed E-state index contributed by atoms with van der Waals surface area (Å²) in [6.07, 6.45) is 2.71. The summed E-state index contributed by atoms with van der Waals surface area (Å²) in [5.74, 6) is 0.781. The van der Waals surface area contributed by atoms with Crippen molar-refractivity contribution in [1.82, 2.24) is 9.88 Å². The molecule has 1 aliphatic rings. The van der Waals surface area contributed by atoms with Gasteiger partial charge in [-0.2, -0.15) is 0 Å². The Morgan fingerprint density at radius 3 is 3.00 bits per heavy atom. The van der Waals surface area contributed by atoms with Crippen LogP contribution in [-0.2, 0) is 11.2 Å². The fraction of sp³-hybridized carbons (Fsp3) is 0.286. The van der Waals surface area contributed by atoms with E-state index in [-0.39, 0.29) is 11.3 Å². The zero-order valence-electron chi connectivity index (χ0n) is 10.4. The molecule has 5 heteroatoms. The highest BCUT2D eigenvalue weighted by atomic mass is 32.2. The molecule has 19 heavy (non-hydrogen) atoms. The molecule has 0 N–H and O–H groups in total.